The van der Waals surface area contributed by atoms with Crippen molar-refractivity contribution in [2.45, 2.75) is 12.4 Å². The Labute approximate surface area is 128 Å². The second kappa shape index (κ2) is 6.60. The summed E-state index contributed by atoms with van der Waals surface area (Å²) in [6.07, 6.45) is -1.21. The number of alkyl halides is 3. The molecule has 9 heteroatoms. The molecule has 6 nitrogen and oxygen atoms in total. The van der Waals surface area contributed by atoms with Crippen molar-refractivity contribution >= 4 is 5.78 Å². The number of hydrogen-bond donors (Lipinski definition) is 2. The van der Waals surface area contributed by atoms with Crippen LogP contribution in [0.2, 0.25) is 0 Å². The van der Waals surface area contributed by atoms with Gasteiger partial charge in [-0.25, -0.2) is 0 Å². The molecule has 23 heavy (non-hydrogen) atoms. The Morgan fingerprint density at radius 3 is 2.57 bits per heavy atom. The third-order valence-electron chi connectivity index (χ3n) is 2.74. The Hall–Kier alpha value is -2.70. The highest BCUT2D eigenvalue weighted by Crippen LogP contribution is 2.29. The van der Waals surface area contributed by atoms with Crippen molar-refractivity contribution < 1.29 is 27.6 Å². The Kier molecular flexibility index (Phi) is 4.78. The molecule has 0 fully saturated rings. The van der Waals surface area contributed by atoms with Crippen molar-refractivity contribution in [1.29, 1.82) is 0 Å². The molecule has 1 atom stereocenters. The maximum atomic E-state index is 12.4. The molecule has 0 aliphatic carbocycles. The highest BCUT2D eigenvalue weighted by Gasteiger charge is 2.38. The number of hydrogen-bond acceptors (Lipinski definition) is 6. The van der Waals surface area contributed by atoms with Crippen LogP contribution in [-0.2, 0) is 6.18 Å². The molecule has 0 amide bonds. The van der Waals surface area contributed by atoms with Crippen LogP contribution in [0.4, 0.5) is 13.2 Å². The molecular formula is C14H10F3N3O3. The average Bonchev–Trinajstić information content (AvgIpc) is 3.02. The largest absolute Gasteiger partial charge is 0.471 e. The van der Waals surface area contributed by atoms with Crippen LogP contribution in [0.5, 0.6) is 0 Å². The van der Waals surface area contributed by atoms with Crippen LogP contribution >= 0.6 is 0 Å². The fourth-order valence-corrected chi connectivity index (χ4v) is 1.65. The summed E-state index contributed by atoms with van der Waals surface area (Å²) in [5.74, 6) is -0.140. The van der Waals surface area contributed by atoms with Gasteiger partial charge in [0.1, 0.15) is 0 Å². The van der Waals surface area contributed by atoms with E-state index in [9.17, 15) is 23.1 Å². The lowest BCUT2D eigenvalue weighted by atomic mass is 10.1. The first-order chi connectivity index (χ1) is 10.8. The van der Waals surface area contributed by atoms with Gasteiger partial charge in [-0.15, -0.1) is 6.42 Å². The van der Waals surface area contributed by atoms with Crippen molar-refractivity contribution in [3.05, 3.63) is 35.7 Å². The van der Waals surface area contributed by atoms with E-state index in [1.807, 2.05) is 0 Å². The minimum atomic E-state index is -4.73. The molecule has 1 aromatic carbocycles. The van der Waals surface area contributed by atoms with Crippen LogP contribution in [0.3, 0.4) is 0 Å². The lowest BCUT2D eigenvalue weighted by Crippen LogP contribution is -2.36. The summed E-state index contributed by atoms with van der Waals surface area (Å²) in [5.41, 5.74) is 0.372. The molecule has 120 valence electrons. The summed E-state index contributed by atoms with van der Waals surface area (Å²) in [5, 5.41) is 15.2. The number of halogens is 3. The Morgan fingerprint density at radius 1 is 1.39 bits per heavy atom. The van der Waals surface area contributed by atoms with Crippen LogP contribution < -0.4 is 5.32 Å². The van der Waals surface area contributed by atoms with Crippen LogP contribution in [-0.4, -0.2) is 33.8 Å². The van der Waals surface area contributed by atoms with Crippen molar-refractivity contribution in [2.75, 3.05) is 6.54 Å². The number of benzene rings is 1. The van der Waals surface area contributed by atoms with Gasteiger partial charge in [-0.1, -0.05) is 35.3 Å². The number of nitrogens with zero attached hydrogens (tertiary/aromatic N) is 2. The first-order valence-corrected chi connectivity index (χ1v) is 6.23. The number of ketones is 1. The average molecular weight is 325 g/mol. The van der Waals surface area contributed by atoms with E-state index < -0.39 is 24.1 Å². The zero-order valence-corrected chi connectivity index (χ0v) is 11.5. The number of aliphatic hydroxyl groups excluding tert-OH is 1. The zero-order valence-electron chi connectivity index (χ0n) is 11.5. The third-order valence-corrected chi connectivity index (χ3v) is 2.74. The standard InChI is InChI=1S/C14H10F3N3O3/c1-2-7-18-12(22)10(21)8-3-5-9(6-4-8)11-19-13(23-20-11)14(15,16)17/h1,3-6,12,18,22H,7H2. The molecule has 1 aromatic heterocycles. The van der Waals surface area contributed by atoms with Crippen LogP contribution in [0, 0.1) is 12.3 Å². The number of terminal acetylenes is 1. The van der Waals surface area contributed by atoms with Gasteiger partial charge in [0.2, 0.25) is 11.6 Å². The molecule has 0 spiro atoms. The molecule has 0 aliphatic rings. The number of Topliss-reactive ketones (excluding diaryl/α,β-unsaturated/α-hetero) is 1. The summed E-state index contributed by atoms with van der Waals surface area (Å²) in [7, 11) is 0. The monoisotopic (exact) mass is 325 g/mol. The zero-order chi connectivity index (χ0) is 17.0. The molecule has 0 saturated carbocycles. The summed E-state index contributed by atoms with van der Waals surface area (Å²) < 4.78 is 41.3. The van der Waals surface area contributed by atoms with E-state index in [2.05, 4.69) is 25.9 Å². The van der Waals surface area contributed by atoms with Gasteiger partial charge in [-0.2, -0.15) is 18.2 Å². The number of nitrogens with one attached hydrogen (secondary N) is 1. The van der Waals surface area contributed by atoms with Crippen LogP contribution in [0.15, 0.2) is 28.8 Å². The van der Waals surface area contributed by atoms with E-state index in [1.54, 1.807) is 0 Å². The summed E-state index contributed by atoms with van der Waals surface area (Å²) >= 11 is 0. The fourth-order valence-electron chi connectivity index (χ4n) is 1.65. The molecule has 2 rings (SSSR count). The fraction of sp³-hybridized carbons (Fsp3) is 0.214. The van der Waals surface area contributed by atoms with E-state index in [0.29, 0.717) is 0 Å². The smallest absolute Gasteiger partial charge is 0.371 e. The van der Waals surface area contributed by atoms with Crippen LogP contribution in [0.1, 0.15) is 16.2 Å². The molecule has 1 heterocycles. The second-order valence-corrected chi connectivity index (χ2v) is 4.35. The lowest BCUT2D eigenvalue weighted by molar-refractivity contribution is -0.159. The van der Waals surface area contributed by atoms with Gasteiger partial charge in [-0.3, -0.25) is 10.1 Å². The van der Waals surface area contributed by atoms with E-state index in [0.717, 1.165) is 0 Å². The molecular weight excluding hydrogens is 315 g/mol. The van der Waals surface area contributed by atoms with Gasteiger partial charge in [0.15, 0.2) is 6.23 Å². The van der Waals surface area contributed by atoms with Gasteiger partial charge in [0.25, 0.3) is 0 Å². The predicted octanol–water partition coefficient (Wildman–Crippen LogP) is 1.48. The van der Waals surface area contributed by atoms with Gasteiger partial charge < -0.3 is 9.63 Å². The van der Waals surface area contributed by atoms with Crippen molar-refractivity contribution in [3.8, 4) is 23.7 Å². The molecule has 0 bridgehead atoms. The summed E-state index contributed by atoms with van der Waals surface area (Å²) in [6.45, 7) is 0.00800. The molecule has 2 aromatic rings. The van der Waals surface area contributed by atoms with E-state index >= 15 is 0 Å². The highest BCUT2D eigenvalue weighted by molar-refractivity contribution is 5.99. The molecule has 2 N–H and O–H groups in total. The van der Waals surface area contributed by atoms with E-state index in [-0.39, 0.29) is 23.5 Å². The van der Waals surface area contributed by atoms with Crippen molar-refractivity contribution in [3.63, 3.8) is 0 Å². The minimum Gasteiger partial charge on any atom is -0.371 e. The molecule has 1 unspecified atom stereocenters. The SMILES string of the molecule is C#CCNC(O)C(=O)c1ccc(-c2noc(C(F)(F)F)n2)cc1. The predicted molar refractivity (Wildman–Crippen MR) is 71.9 cm³/mol. The van der Waals surface area contributed by atoms with Crippen molar-refractivity contribution in [2.24, 2.45) is 0 Å². The first kappa shape index (κ1) is 16.7. The second-order valence-electron chi connectivity index (χ2n) is 4.35. The lowest BCUT2D eigenvalue weighted by Gasteiger charge is -2.09. The third kappa shape index (κ3) is 3.94. The number of carbonyl (C=O) groups is 1. The van der Waals surface area contributed by atoms with Gasteiger partial charge in [0, 0.05) is 11.1 Å². The molecule has 0 saturated heterocycles. The van der Waals surface area contributed by atoms with E-state index in [4.69, 9.17) is 6.42 Å². The Balaban J connectivity index is 2.15. The van der Waals surface area contributed by atoms with Gasteiger partial charge in [-0.05, 0) is 0 Å². The summed E-state index contributed by atoms with van der Waals surface area (Å²) in [6, 6.07) is 5.32. The maximum Gasteiger partial charge on any atom is 0.471 e. The van der Waals surface area contributed by atoms with Crippen LogP contribution in [0.25, 0.3) is 11.4 Å². The Morgan fingerprint density at radius 2 is 2.04 bits per heavy atom. The van der Waals surface area contributed by atoms with Gasteiger partial charge in [0.05, 0.1) is 6.54 Å². The Bertz CT molecular complexity index is 732. The first-order valence-electron chi connectivity index (χ1n) is 6.23. The number of rotatable bonds is 5. The highest BCUT2D eigenvalue weighted by atomic mass is 19.4. The maximum absolute atomic E-state index is 12.4. The van der Waals surface area contributed by atoms with E-state index in [1.165, 1.54) is 24.3 Å². The number of aliphatic hydroxyl groups is 1. The topological polar surface area (TPSA) is 88.2 Å². The normalized spacial score (nSPS) is 12.7. The number of aromatic nitrogens is 2. The van der Waals surface area contributed by atoms with Crippen molar-refractivity contribution in [1.82, 2.24) is 15.5 Å². The summed E-state index contributed by atoms with van der Waals surface area (Å²) in [4.78, 5) is 15.1. The molecule has 0 aliphatic heterocycles. The number of carbonyl (C=O) groups excluding carboxylic acids is 1. The van der Waals surface area contributed by atoms with Gasteiger partial charge >= 0.3 is 12.1 Å². The quantitative estimate of drug-likeness (QED) is 0.492. The minimum absolute atomic E-state index is 0.00800. The molecule has 0 radical (unpaired) electrons.